The Labute approximate surface area is 97.2 Å². The van der Waals surface area contributed by atoms with Crippen molar-refractivity contribution >= 4 is 11.8 Å². The molecule has 1 nitrogen and oxygen atoms in total. The van der Waals surface area contributed by atoms with Crippen LogP contribution in [0.2, 0.25) is 0 Å². The molecule has 0 aliphatic carbocycles. The quantitative estimate of drug-likeness (QED) is 0.706. The lowest BCUT2D eigenvalue weighted by Gasteiger charge is -1.93. The minimum absolute atomic E-state index is 0.985. The Morgan fingerprint density at radius 2 is 2.00 bits per heavy atom. The number of rotatable bonds is 4. The highest BCUT2D eigenvalue weighted by atomic mass is 14.8. The van der Waals surface area contributed by atoms with Crippen LogP contribution in [0.25, 0.3) is 6.08 Å². The first-order valence-electron chi connectivity index (χ1n) is 5.88. The van der Waals surface area contributed by atoms with Crippen LogP contribution in [0.3, 0.4) is 0 Å². The molecular formula is C15H17N. The normalized spacial score (nSPS) is 15.3. The van der Waals surface area contributed by atoms with Gasteiger partial charge in [0, 0.05) is 17.8 Å². The zero-order chi connectivity index (χ0) is 11.2. The maximum Gasteiger partial charge on any atom is 0.0445 e. The molecule has 1 aromatic rings. The molecule has 0 aromatic heterocycles. The summed E-state index contributed by atoms with van der Waals surface area (Å²) in [6, 6.07) is 10.3. The van der Waals surface area contributed by atoms with E-state index in [1.54, 1.807) is 0 Å². The fourth-order valence-corrected chi connectivity index (χ4v) is 1.77. The fourth-order valence-electron chi connectivity index (χ4n) is 1.77. The van der Waals surface area contributed by atoms with Crippen molar-refractivity contribution in [3.05, 3.63) is 53.7 Å². The number of allylic oxidation sites excluding steroid dienone is 3. The van der Waals surface area contributed by atoms with Crippen LogP contribution in [-0.2, 0) is 0 Å². The highest BCUT2D eigenvalue weighted by Crippen LogP contribution is 2.16. The van der Waals surface area contributed by atoms with E-state index in [1.165, 1.54) is 23.4 Å². The lowest BCUT2D eigenvalue weighted by molar-refractivity contribution is 0.897. The van der Waals surface area contributed by atoms with Gasteiger partial charge in [0.15, 0.2) is 0 Å². The molecule has 1 heteroatoms. The van der Waals surface area contributed by atoms with E-state index < -0.39 is 0 Å². The van der Waals surface area contributed by atoms with Gasteiger partial charge in [0.05, 0.1) is 0 Å². The lowest BCUT2D eigenvalue weighted by atomic mass is 10.2. The van der Waals surface area contributed by atoms with E-state index in [1.807, 2.05) is 6.07 Å². The Kier molecular flexibility index (Phi) is 3.71. The Morgan fingerprint density at radius 1 is 1.19 bits per heavy atom. The van der Waals surface area contributed by atoms with Crippen molar-refractivity contribution in [3.63, 3.8) is 0 Å². The SMILES string of the molecule is CCCC1=CCC(C=Cc2ccccc2)=N1. The second kappa shape index (κ2) is 5.45. The molecule has 0 radical (unpaired) electrons. The van der Waals surface area contributed by atoms with Gasteiger partial charge in [-0.05, 0) is 18.1 Å². The molecule has 0 fully saturated rings. The summed E-state index contributed by atoms with van der Waals surface area (Å²) < 4.78 is 0. The summed E-state index contributed by atoms with van der Waals surface area (Å²) in [7, 11) is 0. The standard InChI is InChI=1S/C15H17N/c1-2-6-14-11-12-15(16-14)10-9-13-7-4-3-5-8-13/h3-5,7-11H,2,6,12H2,1H3. The van der Waals surface area contributed by atoms with Crippen LogP contribution >= 0.6 is 0 Å². The van der Waals surface area contributed by atoms with E-state index in [4.69, 9.17) is 0 Å². The average Bonchev–Trinajstić information content (AvgIpc) is 2.76. The maximum absolute atomic E-state index is 4.58. The third-order valence-corrected chi connectivity index (χ3v) is 2.61. The third kappa shape index (κ3) is 2.93. The largest absolute Gasteiger partial charge is 0.258 e. The highest BCUT2D eigenvalue weighted by Gasteiger charge is 2.04. The van der Waals surface area contributed by atoms with Crippen molar-refractivity contribution in [2.24, 2.45) is 4.99 Å². The minimum atomic E-state index is 0.985. The Balaban J connectivity index is 1.98. The highest BCUT2D eigenvalue weighted by molar-refractivity contribution is 6.01. The second-order valence-corrected chi connectivity index (χ2v) is 4.00. The van der Waals surface area contributed by atoms with E-state index in [0.29, 0.717) is 0 Å². The molecule has 1 aliphatic heterocycles. The summed E-state index contributed by atoms with van der Waals surface area (Å²) in [6.45, 7) is 2.19. The molecule has 0 amide bonds. The molecule has 0 spiro atoms. The molecule has 2 rings (SSSR count). The van der Waals surface area contributed by atoms with E-state index in [0.717, 1.165) is 12.8 Å². The first-order chi connectivity index (χ1) is 7.88. The smallest absolute Gasteiger partial charge is 0.0445 e. The average molecular weight is 211 g/mol. The van der Waals surface area contributed by atoms with Crippen LogP contribution in [0.1, 0.15) is 31.7 Å². The molecule has 16 heavy (non-hydrogen) atoms. The molecule has 0 atom stereocenters. The van der Waals surface area contributed by atoms with Crippen LogP contribution in [0.15, 0.2) is 53.2 Å². The van der Waals surface area contributed by atoms with Gasteiger partial charge in [-0.1, -0.05) is 55.8 Å². The molecule has 0 N–H and O–H groups in total. The Bertz CT molecular complexity index is 424. The van der Waals surface area contributed by atoms with Gasteiger partial charge in [-0.25, -0.2) is 0 Å². The summed E-state index contributed by atoms with van der Waals surface area (Å²) in [6.07, 6.45) is 9.73. The predicted molar refractivity (Wildman–Crippen MR) is 70.5 cm³/mol. The molecule has 0 bridgehead atoms. The first kappa shape index (κ1) is 10.9. The van der Waals surface area contributed by atoms with Crippen LogP contribution < -0.4 is 0 Å². The van der Waals surface area contributed by atoms with Crippen molar-refractivity contribution in [2.75, 3.05) is 0 Å². The first-order valence-corrected chi connectivity index (χ1v) is 5.88. The van der Waals surface area contributed by atoms with Gasteiger partial charge in [0.1, 0.15) is 0 Å². The van der Waals surface area contributed by atoms with E-state index in [9.17, 15) is 0 Å². The number of nitrogens with zero attached hydrogens (tertiary/aromatic N) is 1. The zero-order valence-electron chi connectivity index (χ0n) is 9.69. The van der Waals surface area contributed by atoms with Crippen molar-refractivity contribution in [2.45, 2.75) is 26.2 Å². The minimum Gasteiger partial charge on any atom is -0.258 e. The van der Waals surface area contributed by atoms with E-state index >= 15 is 0 Å². The molecule has 0 unspecified atom stereocenters. The molecule has 1 aliphatic rings. The third-order valence-electron chi connectivity index (χ3n) is 2.61. The number of aliphatic imine (C=N–C) groups is 1. The van der Waals surface area contributed by atoms with Crippen LogP contribution in [-0.4, -0.2) is 5.71 Å². The molecule has 0 saturated carbocycles. The van der Waals surface area contributed by atoms with Gasteiger partial charge in [-0.15, -0.1) is 0 Å². The van der Waals surface area contributed by atoms with Crippen molar-refractivity contribution < 1.29 is 0 Å². The summed E-state index contributed by atoms with van der Waals surface area (Å²) in [4.78, 5) is 4.58. The Morgan fingerprint density at radius 3 is 2.75 bits per heavy atom. The molecule has 1 aromatic carbocycles. The Hall–Kier alpha value is -1.63. The lowest BCUT2D eigenvalue weighted by Crippen LogP contribution is -1.85. The molecule has 0 saturated heterocycles. The summed E-state index contributed by atoms with van der Waals surface area (Å²) >= 11 is 0. The van der Waals surface area contributed by atoms with Gasteiger partial charge in [0.2, 0.25) is 0 Å². The number of benzene rings is 1. The van der Waals surface area contributed by atoms with Gasteiger partial charge < -0.3 is 0 Å². The van der Waals surface area contributed by atoms with Crippen LogP contribution in [0.4, 0.5) is 0 Å². The predicted octanol–water partition coefficient (Wildman–Crippen LogP) is 4.23. The van der Waals surface area contributed by atoms with Gasteiger partial charge in [0.25, 0.3) is 0 Å². The fraction of sp³-hybridized carbons (Fsp3) is 0.267. The van der Waals surface area contributed by atoms with Crippen LogP contribution in [0, 0.1) is 0 Å². The molecule has 82 valence electrons. The summed E-state index contributed by atoms with van der Waals surface area (Å²) in [5.41, 5.74) is 3.65. The topological polar surface area (TPSA) is 12.4 Å². The number of hydrogen-bond donors (Lipinski definition) is 0. The zero-order valence-corrected chi connectivity index (χ0v) is 9.69. The molecular weight excluding hydrogens is 194 g/mol. The molecule has 1 heterocycles. The van der Waals surface area contributed by atoms with Crippen molar-refractivity contribution in [1.82, 2.24) is 0 Å². The van der Waals surface area contributed by atoms with E-state index in [-0.39, 0.29) is 0 Å². The van der Waals surface area contributed by atoms with Gasteiger partial charge >= 0.3 is 0 Å². The van der Waals surface area contributed by atoms with E-state index in [2.05, 4.69) is 54.4 Å². The monoisotopic (exact) mass is 211 g/mol. The van der Waals surface area contributed by atoms with Crippen molar-refractivity contribution in [3.8, 4) is 0 Å². The van der Waals surface area contributed by atoms with Crippen LogP contribution in [0.5, 0.6) is 0 Å². The maximum atomic E-state index is 4.58. The second-order valence-electron chi connectivity index (χ2n) is 4.00. The van der Waals surface area contributed by atoms with Crippen molar-refractivity contribution in [1.29, 1.82) is 0 Å². The van der Waals surface area contributed by atoms with Gasteiger partial charge in [-0.2, -0.15) is 0 Å². The van der Waals surface area contributed by atoms with Gasteiger partial charge in [-0.3, -0.25) is 4.99 Å². The summed E-state index contributed by atoms with van der Waals surface area (Å²) in [5.74, 6) is 0. The summed E-state index contributed by atoms with van der Waals surface area (Å²) in [5, 5.41) is 0. The number of hydrogen-bond acceptors (Lipinski definition) is 1.